The largest absolute Gasteiger partial charge is 0.314 e. The number of benzene rings is 1. The van der Waals surface area contributed by atoms with Crippen LogP contribution in [-0.4, -0.2) is 12.6 Å². The molecule has 0 amide bonds. The molecule has 0 aliphatic heterocycles. The van der Waals surface area contributed by atoms with Crippen LogP contribution in [0.3, 0.4) is 0 Å². The summed E-state index contributed by atoms with van der Waals surface area (Å²) in [5.74, 6) is 1.76. The van der Waals surface area contributed by atoms with E-state index in [1.165, 1.54) is 48.6 Å². The van der Waals surface area contributed by atoms with Gasteiger partial charge in [-0.15, -0.1) is 0 Å². The lowest BCUT2D eigenvalue weighted by Crippen LogP contribution is -2.30. The first-order chi connectivity index (χ1) is 9.63. The molecule has 1 nitrogen and oxygen atoms in total. The average Bonchev–Trinajstić information content (AvgIpc) is 2.91. The number of nitrogens with one attached hydrogen (secondary N) is 1. The van der Waals surface area contributed by atoms with Gasteiger partial charge < -0.3 is 5.32 Å². The van der Waals surface area contributed by atoms with E-state index in [0.717, 1.165) is 18.4 Å². The topological polar surface area (TPSA) is 12.0 Å². The Hall–Kier alpha value is -0.340. The highest BCUT2D eigenvalue weighted by molar-refractivity contribution is 9.10. The summed E-state index contributed by atoms with van der Waals surface area (Å²) in [5, 5.41) is 3.64. The Morgan fingerprint density at radius 1 is 1.15 bits per heavy atom. The van der Waals surface area contributed by atoms with Crippen molar-refractivity contribution in [2.45, 2.75) is 58.4 Å². The van der Waals surface area contributed by atoms with E-state index >= 15 is 0 Å². The smallest absolute Gasteiger partial charge is 0.0175 e. The minimum absolute atomic E-state index is 0.589. The van der Waals surface area contributed by atoms with Crippen molar-refractivity contribution in [3.8, 4) is 0 Å². The molecule has 1 fully saturated rings. The van der Waals surface area contributed by atoms with Gasteiger partial charge >= 0.3 is 0 Å². The third-order valence-electron chi connectivity index (χ3n) is 4.39. The van der Waals surface area contributed by atoms with E-state index in [1.807, 2.05) is 0 Å². The summed E-state index contributed by atoms with van der Waals surface area (Å²) in [7, 11) is 0. The number of hydrogen-bond donors (Lipinski definition) is 1. The second-order valence-corrected chi connectivity index (χ2v) is 7.56. The molecule has 0 radical (unpaired) electrons. The van der Waals surface area contributed by atoms with Crippen LogP contribution in [0.5, 0.6) is 0 Å². The van der Waals surface area contributed by atoms with E-state index in [0.29, 0.717) is 6.04 Å². The van der Waals surface area contributed by atoms with Crippen molar-refractivity contribution >= 4 is 15.9 Å². The van der Waals surface area contributed by atoms with Gasteiger partial charge in [0.2, 0.25) is 0 Å². The molecule has 0 bridgehead atoms. The summed E-state index contributed by atoms with van der Waals surface area (Å²) in [6.07, 6.45) is 8.43. The molecule has 0 heterocycles. The van der Waals surface area contributed by atoms with Crippen LogP contribution >= 0.6 is 15.9 Å². The highest BCUT2D eigenvalue weighted by Gasteiger charge is 2.20. The first-order valence-corrected chi connectivity index (χ1v) is 8.90. The normalized spacial score (nSPS) is 17.8. The molecule has 1 N–H and O–H groups in total. The van der Waals surface area contributed by atoms with E-state index in [4.69, 9.17) is 0 Å². The molecule has 20 heavy (non-hydrogen) atoms. The Bertz CT molecular complexity index is 379. The Kier molecular flexibility index (Phi) is 6.57. The summed E-state index contributed by atoms with van der Waals surface area (Å²) in [6, 6.07) is 9.45. The van der Waals surface area contributed by atoms with Gasteiger partial charge in [0, 0.05) is 10.5 Å². The Balaban J connectivity index is 1.91. The van der Waals surface area contributed by atoms with Crippen molar-refractivity contribution in [3.63, 3.8) is 0 Å². The molecule has 2 heteroatoms. The number of halogens is 1. The van der Waals surface area contributed by atoms with Gasteiger partial charge in [0.15, 0.2) is 0 Å². The fraction of sp³-hybridized carbons (Fsp3) is 0.667. The van der Waals surface area contributed by atoms with Gasteiger partial charge in [-0.3, -0.25) is 0 Å². The first kappa shape index (κ1) is 16.0. The molecule has 0 spiro atoms. The Morgan fingerprint density at radius 2 is 1.80 bits per heavy atom. The van der Waals surface area contributed by atoms with Crippen LogP contribution in [0.15, 0.2) is 28.7 Å². The molecule has 112 valence electrons. The predicted molar refractivity (Wildman–Crippen MR) is 91.0 cm³/mol. The van der Waals surface area contributed by atoms with Gasteiger partial charge in [-0.05, 0) is 48.9 Å². The molecule has 1 unspecified atom stereocenters. The standard InChI is InChI=1S/C18H28BrN/c1-14(2)20-13-17(11-15-5-3-4-6-15)12-16-7-9-18(19)10-8-16/h7-10,14-15,17,20H,3-6,11-13H2,1-2H3. The molecule has 2 rings (SSSR count). The molecule has 1 aromatic rings. The highest BCUT2D eigenvalue weighted by Crippen LogP contribution is 2.31. The zero-order chi connectivity index (χ0) is 14.4. The van der Waals surface area contributed by atoms with Crippen molar-refractivity contribution in [3.05, 3.63) is 34.3 Å². The van der Waals surface area contributed by atoms with E-state index < -0.39 is 0 Å². The maximum Gasteiger partial charge on any atom is 0.0175 e. The van der Waals surface area contributed by atoms with Crippen molar-refractivity contribution in [2.24, 2.45) is 11.8 Å². The average molecular weight is 338 g/mol. The van der Waals surface area contributed by atoms with Crippen LogP contribution < -0.4 is 5.32 Å². The predicted octanol–water partition coefficient (Wildman–Crippen LogP) is 5.19. The Morgan fingerprint density at radius 3 is 2.40 bits per heavy atom. The summed E-state index contributed by atoms with van der Waals surface area (Å²) < 4.78 is 1.17. The quantitative estimate of drug-likeness (QED) is 0.722. The van der Waals surface area contributed by atoms with Gasteiger partial charge in [-0.1, -0.05) is 67.6 Å². The van der Waals surface area contributed by atoms with Gasteiger partial charge in [-0.25, -0.2) is 0 Å². The minimum atomic E-state index is 0.589. The lowest BCUT2D eigenvalue weighted by molar-refractivity contribution is 0.348. The number of rotatable bonds is 7. The molecule has 1 aromatic carbocycles. The zero-order valence-electron chi connectivity index (χ0n) is 12.9. The lowest BCUT2D eigenvalue weighted by Gasteiger charge is -2.22. The van der Waals surface area contributed by atoms with Crippen molar-refractivity contribution in [1.82, 2.24) is 5.32 Å². The van der Waals surface area contributed by atoms with E-state index in [-0.39, 0.29) is 0 Å². The van der Waals surface area contributed by atoms with Gasteiger partial charge in [0.05, 0.1) is 0 Å². The van der Waals surface area contributed by atoms with Crippen LogP contribution in [0.25, 0.3) is 0 Å². The lowest BCUT2D eigenvalue weighted by atomic mass is 9.88. The third-order valence-corrected chi connectivity index (χ3v) is 4.92. The second-order valence-electron chi connectivity index (χ2n) is 6.65. The molecule has 1 aliphatic carbocycles. The molecular formula is C18H28BrN. The van der Waals surface area contributed by atoms with Crippen LogP contribution in [-0.2, 0) is 6.42 Å². The fourth-order valence-electron chi connectivity index (χ4n) is 3.31. The van der Waals surface area contributed by atoms with E-state index in [9.17, 15) is 0 Å². The van der Waals surface area contributed by atoms with E-state index in [2.05, 4.69) is 59.4 Å². The zero-order valence-corrected chi connectivity index (χ0v) is 14.5. The molecule has 1 aliphatic rings. The van der Waals surface area contributed by atoms with Gasteiger partial charge in [0.1, 0.15) is 0 Å². The summed E-state index contributed by atoms with van der Waals surface area (Å²) in [5.41, 5.74) is 1.47. The maximum absolute atomic E-state index is 3.64. The monoisotopic (exact) mass is 337 g/mol. The fourth-order valence-corrected chi connectivity index (χ4v) is 3.58. The molecule has 0 aromatic heterocycles. The summed E-state index contributed by atoms with van der Waals surface area (Å²) in [6.45, 7) is 5.64. The van der Waals surface area contributed by atoms with Crippen molar-refractivity contribution < 1.29 is 0 Å². The molecule has 1 saturated carbocycles. The Labute approximate surface area is 132 Å². The second kappa shape index (κ2) is 8.19. The van der Waals surface area contributed by atoms with Crippen LogP contribution in [0.4, 0.5) is 0 Å². The maximum atomic E-state index is 3.64. The van der Waals surface area contributed by atoms with Crippen LogP contribution in [0.2, 0.25) is 0 Å². The summed E-state index contributed by atoms with van der Waals surface area (Å²) in [4.78, 5) is 0. The molecular weight excluding hydrogens is 310 g/mol. The minimum Gasteiger partial charge on any atom is -0.314 e. The first-order valence-electron chi connectivity index (χ1n) is 8.11. The van der Waals surface area contributed by atoms with Crippen LogP contribution in [0, 0.1) is 11.8 Å². The molecule has 0 saturated heterocycles. The summed E-state index contributed by atoms with van der Waals surface area (Å²) >= 11 is 3.52. The number of hydrogen-bond acceptors (Lipinski definition) is 1. The third kappa shape index (κ3) is 5.57. The van der Waals surface area contributed by atoms with Crippen LogP contribution in [0.1, 0.15) is 51.5 Å². The molecule has 1 atom stereocenters. The SMILES string of the molecule is CC(C)NCC(Cc1ccc(Br)cc1)CC1CCCC1. The van der Waals surface area contributed by atoms with E-state index in [1.54, 1.807) is 0 Å². The van der Waals surface area contributed by atoms with Gasteiger partial charge in [0.25, 0.3) is 0 Å². The highest BCUT2D eigenvalue weighted by atomic mass is 79.9. The van der Waals surface area contributed by atoms with Crippen molar-refractivity contribution in [1.29, 1.82) is 0 Å². The van der Waals surface area contributed by atoms with Gasteiger partial charge in [-0.2, -0.15) is 0 Å². The van der Waals surface area contributed by atoms with Crippen molar-refractivity contribution in [2.75, 3.05) is 6.54 Å².